The summed E-state index contributed by atoms with van der Waals surface area (Å²) in [5.41, 5.74) is 1.49. The van der Waals surface area contributed by atoms with Gasteiger partial charge < -0.3 is 14.2 Å². The van der Waals surface area contributed by atoms with E-state index in [1.807, 2.05) is 48.5 Å². The molecule has 5 heteroatoms. The number of hydrogen-bond acceptors (Lipinski definition) is 4. The van der Waals surface area contributed by atoms with Crippen LogP contribution in [-0.2, 0) is 0 Å². The van der Waals surface area contributed by atoms with Crippen molar-refractivity contribution >= 4 is 38.6 Å². The number of methoxy groups -OCH3 is 1. The van der Waals surface area contributed by atoms with Gasteiger partial charge in [0.05, 0.1) is 7.11 Å². The van der Waals surface area contributed by atoms with Gasteiger partial charge in [0.15, 0.2) is 17.3 Å². The Morgan fingerprint density at radius 2 is 1.77 bits per heavy atom. The molecule has 0 amide bonds. The largest absolute Gasteiger partial charge is 0.497 e. The molecule has 0 fully saturated rings. The highest BCUT2D eigenvalue weighted by molar-refractivity contribution is 9.10. The zero-order chi connectivity index (χ0) is 18.1. The lowest BCUT2D eigenvalue weighted by atomic mass is 10.0. The second-order valence-corrected chi connectivity index (χ2v) is 6.71. The second kappa shape index (κ2) is 6.84. The van der Waals surface area contributed by atoms with Crippen molar-refractivity contribution in [3.05, 3.63) is 70.2 Å². The van der Waals surface area contributed by atoms with E-state index in [4.69, 9.17) is 14.2 Å². The fraction of sp³-hybridized carbons (Fsp3) is 0.0952. The lowest BCUT2D eigenvalue weighted by Crippen LogP contribution is -1.94. The maximum Gasteiger partial charge on any atom is 0.231 e. The Morgan fingerprint density at radius 1 is 1.04 bits per heavy atom. The molecule has 0 radical (unpaired) electrons. The third kappa shape index (κ3) is 3.18. The molecule has 26 heavy (non-hydrogen) atoms. The number of ketones is 1. The van der Waals surface area contributed by atoms with E-state index in [1.54, 1.807) is 19.3 Å². The first-order valence-electron chi connectivity index (χ1n) is 8.03. The van der Waals surface area contributed by atoms with Crippen LogP contribution in [0.2, 0.25) is 0 Å². The topological polar surface area (TPSA) is 44.8 Å². The van der Waals surface area contributed by atoms with E-state index in [-0.39, 0.29) is 12.6 Å². The Morgan fingerprint density at radius 3 is 2.58 bits per heavy atom. The van der Waals surface area contributed by atoms with Gasteiger partial charge in [0.2, 0.25) is 6.79 Å². The van der Waals surface area contributed by atoms with Crippen molar-refractivity contribution in [2.75, 3.05) is 13.9 Å². The molecule has 0 spiro atoms. The van der Waals surface area contributed by atoms with Crippen molar-refractivity contribution in [2.24, 2.45) is 0 Å². The summed E-state index contributed by atoms with van der Waals surface area (Å²) in [6, 6.07) is 15.1. The fourth-order valence-corrected chi connectivity index (χ4v) is 3.28. The van der Waals surface area contributed by atoms with Gasteiger partial charge in [0.1, 0.15) is 5.75 Å². The third-order valence-corrected chi connectivity index (χ3v) is 4.92. The van der Waals surface area contributed by atoms with Crippen LogP contribution in [0.1, 0.15) is 15.9 Å². The smallest absolute Gasteiger partial charge is 0.231 e. The average molecular weight is 411 g/mol. The molecule has 4 rings (SSSR count). The standard InChI is InChI=1S/C21H15BrO4/c1-24-17-6-4-13-8-16(3-2-14(13)9-17)19(23)7-5-15-10-20-21(11-18(15)22)26-12-25-20/h2-11H,12H2,1H3/b7-5+. The molecule has 1 aliphatic rings. The summed E-state index contributed by atoms with van der Waals surface area (Å²) in [5.74, 6) is 2.11. The normalized spacial score (nSPS) is 12.7. The zero-order valence-electron chi connectivity index (χ0n) is 14.0. The first kappa shape index (κ1) is 16.7. The molecule has 0 bridgehead atoms. The summed E-state index contributed by atoms with van der Waals surface area (Å²) in [4.78, 5) is 12.5. The average Bonchev–Trinajstić information content (AvgIpc) is 3.12. The maximum absolute atomic E-state index is 12.5. The monoisotopic (exact) mass is 410 g/mol. The second-order valence-electron chi connectivity index (χ2n) is 5.85. The van der Waals surface area contributed by atoms with E-state index >= 15 is 0 Å². The van der Waals surface area contributed by atoms with Gasteiger partial charge in [0.25, 0.3) is 0 Å². The van der Waals surface area contributed by atoms with Crippen LogP contribution in [0.3, 0.4) is 0 Å². The highest BCUT2D eigenvalue weighted by Gasteiger charge is 2.15. The highest BCUT2D eigenvalue weighted by atomic mass is 79.9. The molecule has 1 heterocycles. The van der Waals surface area contributed by atoms with E-state index in [9.17, 15) is 4.79 Å². The summed E-state index contributed by atoms with van der Waals surface area (Å²) < 4.78 is 16.8. The first-order chi connectivity index (χ1) is 12.6. The van der Waals surface area contributed by atoms with Crippen LogP contribution in [0, 0.1) is 0 Å². The number of hydrogen-bond donors (Lipinski definition) is 0. The number of halogens is 1. The summed E-state index contributed by atoms with van der Waals surface area (Å²) in [5, 5.41) is 2.03. The lowest BCUT2D eigenvalue weighted by molar-refractivity contribution is 0.104. The van der Waals surface area contributed by atoms with Crippen molar-refractivity contribution < 1.29 is 19.0 Å². The number of benzene rings is 3. The molecule has 0 aliphatic carbocycles. The van der Waals surface area contributed by atoms with Gasteiger partial charge >= 0.3 is 0 Å². The van der Waals surface area contributed by atoms with E-state index < -0.39 is 0 Å². The molecule has 3 aromatic rings. The van der Waals surface area contributed by atoms with Crippen LogP contribution in [0.15, 0.2) is 59.1 Å². The van der Waals surface area contributed by atoms with Crippen molar-refractivity contribution in [3.8, 4) is 17.2 Å². The number of rotatable bonds is 4. The maximum atomic E-state index is 12.5. The minimum absolute atomic E-state index is 0.0627. The van der Waals surface area contributed by atoms with Crippen LogP contribution in [0.4, 0.5) is 0 Å². The van der Waals surface area contributed by atoms with Gasteiger partial charge in [-0.05, 0) is 58.8 Å². The quantitative estimate of drug-likeness (QED) is 0.435. The predicted octanol–water partition coefficient (Wildman–Crippen LogP) is 5.24. The minimum atomic E-state index is -0.0627. The van der Waals surface area contributed by atoms with Crippen molar-refractivity contribution in [1.29, 1.82) is 0 Å². The predicted molar refractivity (Wildman–Crippen MR) is 104 cm³/mol. The van der Waals surface area contributed by atoms with Crippen LogP contribution in [0.25, 0.3) is 16.8 Å². The molecule has 0 N–H and O–H groups in total. The summed E-state index contributed by atoms with van der Waals surface area (Å²) in [7, 11) is 1.64. The molecule has 0 aromatic heterocycles. The molecule has 0 saturated heterocycles. The molecule has 0 unspecified atom stereocenters. The molecular formula is C21H15BrO4. The molecule has 4 nitrogen and oxygen atoms in total. The van der Waals surface area contributed by atoms with E-state index in [2.05, 4.69) is 15.9 Å². The summed E-state index contributed by atoms with van der Waals surface area (Å²) >= 11 is 3.49. The Balaban J connectivity index is 1.60. The van der Waals surface area contributed by atoms with Gasteiger partial charge in [-0.1, -0.05) is 34.1 Å². The van der Waals surface area contributed by atoms with E-state index in [1.165, 1.54) is 0 Å². The van der Waals surface area contributed by atoms with Gasteiger partial charge in [0, 0.05) is 10.0 Å². The molecular weight excluding hydrogens is 396 g/mol. The Labute approximate surface area is 159 Å². The van der Waals surface area contributed by atoms with Gasteiger partial charge in [-0.2, -0.15) is 0 Å². The number of fused-ring (bicyclic) bond motifs is 2. The highest BCUT2D eigenvalue weighted by Crippen LogP contribution is 2.37. The molecule has 0 atom stereocenters. The Hall–Kier alpha value is -2.79. The van der Waals surface area contributed by atoms with Gasteiger partial charge in [-0.3, -0.25) is 4.79 Å². The van der Waals surface area contributed by atoms with Crippen molar-refractivity contribution in [1.82, 2.24) is 0 Å². The van der Waals surface area contributed by atoms with Crippen molar-refractivity contribution in [2.45, 2.75) is 0 Å². The number of allylic oxidation sites excluding steroid dienone is 1. The van der Waals surface area contributed by atoms with Crippen LogP contribution >= 0.6 is 15.9 Å². The fourth-order valence-electron chi connectivity index (χ4n) is 2.83. The molecule has 0 saturated carbocycles. The lowest BCUT2D eigenvalue weighted by Gasteiger charge is -2.04. The SMILES string of the molecule is COc1ccc2cc(C(=O)/C=C/c3cc4c(cc3Br)OCO4)ccc2c1. The van der Waals surface area contributed by atoms with Crippen molar-refractivity contribution in [3.63, 3.8) is 0 Å². The van der Waals surface area contributed by atoms with E-state index in [0.29, 0.717) is 17.1 Å². The summed E-state index contributed by atoms with van der Waals surface area (Å²) in [6.07, 6.45) is 3.33. The zero-order valence-corrected chi connectivity index (χ0v) is 15.6. The van der Waals surface area contributed by atoms with Gasteiger partial charge in [-0.15, -0.1) is 0 Å². The van der Waals surface area contributed by atoms with Crippen LogP contribution in [-0.4, -0.2) is 19.7 Å². The van der Waals surface area contributed by atoms with Crippen LogP contribution < -0.4 is 14.2 Å². The minimum Gasteiger partial charge on any atom is -0.497 e. The third-order valence-electron chi connectivity index (χ3n) is 4.24. The Kier molecular flexibility index (Phi) is 4.39. The molecule has 130 valence electrons. The van der Waals surface area contributed by atoms with Gasteiger partial charge in [-0.25, -0.2) is 0 Å². The number of carbonyl (C=O) groups excluding carboxylic acids is 1. The molecule has 1 aliphatic heterocycles. The van der Waals surface area contributed by atoms with E-state index in [0.717, 1.165) is 26.6 Å². The number of carbonyl (C=O) groups is 1. The summed E-state index contributed by atoms with van der Waals surface area (Å²) in [6.45, 7) is 0.218. The molecule has 3 aromatic carbocycles. The Bertz CT molecular complexity index is 1040. The van der Waals surface area contributed by atoms with Crippen LogP contribution in [0.5, 0.6) is 17.2 Å². The first-order valence-corrected chi connectivity index (χ1v) is 8.83. The number of ether oxygens (including phenoxy) is 3.